The van der Waals surface area contributed by atoms with E-state index in [9.17, 15) is 9.90 Å². The van der Waals surface area contributed by atoms with Crippen LogP contribution in [0, 0.1) is 5.41 Å². The minimum Gasteiger partial charge on any atom is -0.444 e. The Balaban J connectivity index is 2.39. The predicted molar refractivity (Wildman–Crippen MR) is 110 cm³/mol. The summed E-state index contributed by atoms with van der Waals surface area (Å²) in [7, 11) is 0. The van der Waals surface area contributed by atoms with E-state index in [0.717, 1.165) is 44.7 Å². The molecule has 0 unspecified atom stereocenters. The lowest BCUT2D eigenvalue weighted by Crippen LogP contribution is -2.40. The third-order valence-corrected chi connectivity index (χ3v) is 4.79. The molecule has 1 aliphatic rings. The van der Waals surface area contributed by atoms with Crippen molar-refractivity contribution in [3.63, 3.8) is 0 Å². The predicted octanol–water partition coefficient (Wildman–Crippen LogP) is 2.79. The molecule has 0 aromatic heterocycles. The SMILES string of the molecule is CCNC(=NCC1(CCO)CCCCC1)NCCCNC(=O)OC(C)(C)C. The van der Waals surface area contributed by atoms with Gasteiger partial charge in [0.1, 0.15) is 5.60 Å². The van der Waals surface area contributed by atoms with Crippen LogP contribution in [-0.4, -0.2) is 55.5 Å². The van der Waals surface area contributed by atoms with Crippen molar-refractivity contribution >= 4 is 12.1 Å². The van der Waals surface area contributed by atoms with Gasteiger partial charge in [-0.2, -0.15) is 0 Å². The topological polar surface area (TPSA) is 95.0 Å². The van der Waals surface area contributed by atoms with Gasteiger partial charge in [0, 0.05) is 32.8 Å². The smallest absolute Gasteiger partial charge is 0.407 e. The third kappa shape index (κ3) is 10.4. The summed E-state index contributed by atoms with van der Waals surface area (Å²) in [5.74, 6) is 0.803. The molecule has 7 nitrogen and oxygen atoms in total. The van der Waals surface area contributed by atoms with Crippen LogP contribution in [0.25, 0.3) is 0 Å². The summed E-state index contributed by atoms with van der Waals surface area (Å²) in [6.45, 7) is 10.6. The number of alkyl carbamates (subject to hydrolysis) is 1. The zero-order valence-corrected chi connectivity index (χ0v) is 17.7. The fourth-order valence-corrected chi connectivity index (χ4v) is 3.41. The van der Waals surface area contributed by atoms with E-state index in [0.29, 0.717) is 13.1 Å². The third-order valence-electron chi connectivity index (χ3n) is 4.79. The van der Waals surface area contributed by atoms with E-state index in [4.69, 9.17) is 9.73 Å². The van der Waals surface area contributed by atoms with Crippen molar-refractivity contribution in [1.82, 2.24) is 16.0 Å². The second-order valence-electron chi connectivity index (χ2n) is 8.44. The van der Waals surface area contributed by atoms with Gasteiger partial charge in [0.25, 0.3) is 0 Å². The standard InChI is InChI=1S/C20H40N4O3/c1-5-21-17(22-13-9-14-23-18(26)27-19(2,3)4)24-16-20(12-15-25)10-7-6-8-11-20/h25H,5-16H2,1-4H3,(H,23,26)(H2,21,22,24). The molecule has 0 aromatic carbocycles. The first kappa shape index (κ1) is 23.5. The summed E-state index contributed by atoms with van der Waals surface area (Å²) in [6.07, 6.45) is 7.28. The van der Waals surface area contributed by atoms with Gasteiger partial charge in [-0.15, -0.1) is 0 Å². The molecule has 0 bridgehead atoms. The van der Waals surface area contributed by atoms with Gasteiger partial charge in [-0.1, -0.05) is 19.3 Å². The normalized spacial score (nSPS) is 17.3. The number of ether oxygens (including phenoxy) is 1. The van der Waals surface area contributed by atoms with Crippen LogP contribution in [0.4, 0.5) is 4.79 Å². The summed E-state index contributed by atoms with van der Waals surface area (Å²) in [6, 6.07) is 0. The van der Waals surface area contributed by atoms with Crippen LogP contribution in [0.3, 0.4) is 0 Å². The van der Waals surface area contributed by atoms with E-state index in [1.165, 1.54) is 19.3 Å². The molecule has 0 aromatic rings. The van der Waals surface area contributed by atoms with Crippen molar-refractivity contribution < 1.29 is 14.6 Å². The number of aliphatic imine (C=N–C) groups is 1. The van der Waals surface area contributed by atoms with Gasteiger partial charge in [0.15, 0.2) is 5.96 Å². The number of aliphatic hydroxyl groups excluding tert-OH is 1. The number of amides is 1. The Morgan fingerprint density at radius 1 is 1.11 bits per heavy atom. The molecule has 4 N–H and O–H groups in total. The van der Waals surface area contributed by atoms with Gasteiger partial charge in [-0.3, -0.25) is 4.99 Å². The molecule has 0 spiro atoms. The molecule has 0 aliphatic heterocycles. The van der Waals surface area contributed by atoms with Crippen molar-refractivity contribution in [3.05, 3.63) is 0 Å². The highest BCUT2D eigenvalue weighted by Gasteiger charge is 2.31. The second-order valence-corrected chi connectivity index (χ2v) is 8.44. The van der Waals surface area contributed by atoms with Crippen LogP contribution < -0.4 is 16.0 Å². The van der Waals surface area contributed by atoms with Gasteiger partial charge in [-0.25, -0.2) is 4.79 Å². The molecule has 0 atom stereocenters. The Morgan fingerprint density at radius 2 is 1.78 bits per heavy atom. The van der Waals surface area contributed by atoms with E-state index in [-0.39, 0.29) is 18.1 Å². The highest BCUT2D eigenvalue weighted by atomic mass is 16.6. The monoisotopic (exact) mass is 384 g/mol. The number of nitrogens with zero attached hydrogens (tertiary/aromatic N) is 1. The van der Waals surface area contributed by atoms with Crippen LogP contribution in [-0.2, 0) is 4.74 Å². The number of nitrogens with one attached hydrogen (secondary N) is 3. The quantitative estimate of drug-likeness (QED) is 0.279. The van der Waals surface area contributed by atoms with E-state index >= 15 is 0 Å². The molecular formula is C20H40N4O3. The lowest BCUT2D eigenvalue weighted by atomic mass is 9.72. The van der Waals surface area contributed by atoms with Crippen molar-refractivity contribution in [2.24, 2.45) is 10.4 Å². The Kier molecular flexibility index (Phi) is 10.5. The van der Waals surface area contributed by atoms with Gasteiger partial charge in [-0.05, 0) is 58.8 Å². The molecule has 1 saturated carbocycles. The molecular weight excluding hydrogens is 344 g/mol. The van der Waals surface area contributed by atoms with Gasteiger partial charge in [0.2, 0.25) is 0 Å². The lowest BCUT2D eigenvalue weighted by Gasteiger charge is -2.35. The Morgan fingerprint density at radius 3 is 2.37 bits per heavy atom. The average molecular weight is 385 g/mol. The highest BCUT2D eigenvalue weighted by molar-refractivity contribution is 5.79. The number of hydrogen-bond donors (Lipinski definition) is 4. The molecule has 1 rings (SSSR count). The van der Waals surface area contributed by atoms with E-state index in [1.807, 2.05) is 27.7 Å². The maximum absolute atomic E-state index is 11.6. The molecule has 1 amide bonds. The first-order valence-corrected chi connectivity index (χ1v) is 10.4. The lowest BCUT2D eigenvalue weighted by molar-refractivity contribution is 0.0527. The fourth-order valence-electron chi connectivity index (χ4n) is 3.41. The van der Waals surface area contributed by atoms with E-state index < -0.39 is 5.60 Å². The minimum atomic E-state index is -0.475. The van der Waals surface area contributed by atoms with Gasteiger partial charge < -0.3 is 25.8 Å². The maximum atomic E-state index is 11.6. The van der Waals surface area contributed by atoms with Crippen molar-refractivity contribution in [2.75, 3.05) is 32.8 Å². The summed E-state index contributed by atoms with van der Waals surface area (Å²) >= 11 is 0. The van der Waals surface area contributed by atoms with Crippen LogP contribution in [0.1, 0.15) is 72.6 Å². The van der Waals surface area contributed by atoms with Crippen LogP contribution in [0.2, 0.25) is 0 Å². The number of guanidine groups is 1. The van der Waals surface area contributed by atoms with Crippen molar-refractivity contribution in [3.8, 4) is 0 Å². The highest BCUT2D eigenvalue weighted by Crippen LogP contribution is 2.39. The first-order chi connectivity index (χ1) is 12.8. The number of rotatable bonds is 9. The summed E-state index contributed by atoms with van der Waals surface area (Å²) in [5.41, 5.74) is -0.329. The molecule has 158 valence electrons. The van der Waals surface area contributed by atoms with E-state index in [1.54, 1.807) is 0 Å². The fraction of sp³-hybridized carbons (Fsp3) is 0.900. The largest absolute Gasteiger partial charge is 0.444 e. The minimum absolute atomic E-state index is 0.146. The van der Waals surface area contributed by atoms with Crippen LogP contribution in [0.5, 0.6) is 0 Å². The summed E-state index contributed by atoms with van der Waals surface area (Å²) < 4.78 is 5.22. The Bertz CT molecular complexity index is 449. The van der Waals surface area contributed by atoms with Gasteiger partial charge >= 0.3 is 6.09 Å². The molecule has 1 aliphatic carbocycles. The van der Waals surface area contributed by atoms with Crippen LogP contribution >= 0.6 is 0 Å². The Labute approximate surface area is 164 Å². The Hall–Kier alpha value is -1.50. The first-order valence-electron chi connectivity index (χ1n) is 10.4. The number of carbonyl (C=O) groups excluding carboxylic acids is 1. The molecule has 0 saturated heterocycles. The number of carbonyl (C=O) groups is 1. The second kappa shape index (κ2) is 12.1. The average Bonchev–Trinajstić information content (AvgIpc) is 2.59. The number of hydrogen-bond acceptors (Lipinski definition) is 4. The zero-order chi connectivity index (χ0) is 20.2. The summed E-state index contributed by atoms with van der Waals surface area (Å²) in [4.78, 5) is 16.4. The van der Waals surface area contributed by atoms with Crippen molar-refractivity contribution in [1.29, 1.82) is 0 Å². The molecule has 7 heteroatoms. The molecule has 0 heterocycles. The van der Waals surface area contributed by atoms with Crippen LogP contribution in [0.15, 0.2) is 4.99 Å². The summed E-state index contributed by atoms with van der Waals surface area (Å²) in [5, 5.41) is 18.8. The maximum Gasteiger partial charge on any atom is 0.407 e. The number of aliphatic hydroxyl groups is 1. The molecule has 1 fully saturated rings. The van der Waals surface area contributed by atoms with Gasteiger partial charge in [0.05, 0.1) is 0 Å². The molecule has 0 radical (unpaired) electrons. The van der Waals surface area contributed by atoms with Crippen molar-refractivity contribution in [2.45, 2.75) is 78.2 Å². The van der Waals surface area contributed by atoms with E-state index in [2.05, 4.69) is 16.0 Å². The zero-order valence-electron chi connectivity index (χ0n) is 17.7. The molecule has 27 heavy (non-hydrogen) atoms.